The number of hydrogen-bond donors (Lipinski definition) is 0. The zero-order valence-corrected chi connectivity index (χ0v) is 10.4. The molecule has 0 N–H and O–H groups in total. The van der Waals surface area contributed by atoms with Crippen molar-refractivity contribution in [1.29, 1.82) is 0 Å². The lowest BCUT2D eigenvalue weighted by Gasteiger charge is -2.17. The third kappa shape index (κ3) is 6.37. The van der Waals surface area contributed by atoms with E-state index in [-0.39, 0.29) is 12.3 Å². The molecule has 0 bridgehead atoms. The van der Waals surface area contributed by atoms with E-state index in [0.717, 1.165) is 5.57 Å². The van der Waals surface area contributed by atoms with Crippen molar-refractivity contribution in [2.24, 2.45) is 0 Å². The number of carbonyl (C=O) groups is 1. The second-order valence-corrected chi connectivity index (χ2v) is 3.04. The maximum atomic E-state index is 10.8. The first-order chi connectivity index (χ1) is 7.65. The topological polar surface area (TPSA) is 44.8 Å². The van der Waals surface area contributed by atoms with E-state index >= 15 is 0 Å². The number of hydrogen-bond acceptors (Lipinski definition) is 4. The zero-order valence-electron chi connectivity index (χ0n) is 10.4. The molecule has 0 unspecified atom stereocenters. The molecule has 0 saturated heterocycles. The van der Waals surface area contributed by atoms with Crippen LogP contribution < -0.4 is 0 Å². The lowest BCUT2D eigenvalue weighted by molar-refractivity contribution is -0.134. The van der Waals surface area contributed by atoms with Gasteiger partial charge in [-0.3, -0.25) is 0 Å². The van der Waals surface area contributed by atoms with Crippen molar-refractivity contribution in [2.45, 2.75) is 27.1 Å². The molecule has 0 atom stereocenters. The Balaban J connectivity index is 4.35. The van der Waals surface area contributed by atoms with Gasteiger partial charge in [0.05, 0.1) is 7.11 Å². The summed E-state index contributed by atoms with van der Waals surface area (Å²) in [6.45, 7) is 6.86. The number of allylic oxidation sites excluding steroid dienone is 2. The van der Waals surface area contributed by atoms with Gasteiger partial charge in [0.15, 0.2) is 6.29 Å². The van der Waals surface area contributed by atoms with Crippen LogP contribution in [0.2, 0.25) is 0 Å². The predicted molar refractivity (Wildman–Crippen MR) is 62.0 cm³/mol. The van der Waals surface area contributed by atoms with Crippen LogP contribution in [0.15, 0.2) is 23.8 Å². The first-order valence-corrected chi connectivity index (χ1v) is 5.31. The average molecular weight is 228 g/mol. The highest BCUT2D eigenvalue weighted by atomic mass is 16.7. The van der Waals surface area contributed by atoms with Gasteiger partial charge in [0.1, 0.15) is 0 Å². The molecule has 0 fully saturated rings. The van der Waals surface area contributed by atoms with Gasteiger partial charge in [0, 0.05) is 19.3 Å². The molecule has 0 aliphatic rings. The van der Waals surface area contributed by atoms with Crippen LogP contribution in [0.1, 0.15) is 20.8 Å². The Labute approximate surface area is 96.9 Å². The minimum Gasteiger partial charge on any atom is -0.466 e. The molecule has 0 rings (SSSR count). The summed E-state index contributed by atoms with van der Waals surface area (Å²) in [4.78, 5) is 10.8. The van der Waals surface area contributed by atoms with E-state index in [1.54, 1.807) is 12.2 Å². The molecular formula is C12H20O4. The summed E-state index contributed by atoms with van der Waals surface area (Å²) in [5.74, 6) is -0.381. The fraction of sp³-hybridized carbons (Fsp3) is 0.583. The van der Waals surface area contributed by atoms with Crippen molar-refractivity contribution in [3.8, 4) is 0 Å². The molecule has 0 aliphatic heterocycles. The van der Waals surface area contributed by atoms with Crippen molar-refractivity contribution in [2.75, 3.05) is 20.3 Å². The molecule has 0 aliphatic carbocycles. The maximum absolute atomic E-state index is 10.8. The molecule has 0 amide bonds. The largest absolute Gasteiger partial charge is 0.466 e. The summed E-state index contributed by atoms with van der Waals surface area (Å²) >= 11 is 0. The third-order valence-corrected chi connectivity index (χ3v) is 1.80. The lowest BCUT2D eigenvalue weighted by atomic mass is 10.2. The van der Waals surface area contributed by atoms with Crippen molar-refractivity contribution in [3.63, 3.8) is 0 Å². The fourth-order valence-electron chi connectivity index (χ4n) is 1.04. The van der Waals surface area contributed by atoms with Crippen molar-refractivity contribution in [1.82, 2.24) is 0 Å². The van der Waals surface area contributed by atoms with Gasteiger partial charge in [0.2, 0.25) is 0 Å². The van der Waals surface area contributed by atoms with Gasteiger partial charge in [-0.2, -0.15) is 0 Å². The van der Waals surface area contributed by atoms with Crippen LogP contribution in [-0.2, 0) is 19.0 Å². The number of rotatable bonds is 7. The summed E-state index contributed by atoms with van der Waals surface area (Å²) in [7, 11) is 1.34. The van der Waals surface area contributed by atoms with Crippen LogP contribution in [0.25, 0.3) is 0 Å². The standard InChI is InChI=1S/C12H20O4/c1-5-15-12(16-6-2)10(3)8-7-9-11(13)14-4/h7-9,12H,5-6H2,1-4H3/b9-7+,10-8+. The molecule has 4 nitrogen and oxygen atoms in total. The van der Waals surface area contributed by atoms with Crippen LogP contribution in [0, 0.1) is 0 Å². The molecule has 4 heteroatoms. The molecule has 0 radical (unpaired) electrons. The van der Waals surface area contributed by atoms with Gasteiger partial charge in [0.25, 0.3) is 0 Å². The van der Waals surface area contributed by atoms with Gasteiger partial charge < -0.3 is 14.2 Å². The van der Waals surface area contributed by atoms with Gasteiger partial charge in [-0.15, -0.1) is 0 Å². The first kappa shape index (κ1) is 14.9. The Morgan fingerprint density at radius 2 is 1.81 bits per heavy atom. The molecular weight excluding hydrogens is 208 g/mol. The van der Waals surface area contributed by atoms with E-state index in [1.165, 1.54) is 13.2 Å². The quantitative estimate of drug-likeness (QED) is 0.289. The van der Waals surface area contributed by atoms with Crippen LogP contribution in [0.3, 0.4) is 0 Å². The maximum Gasteiger partial charge on any atom is 0.330 e. The normalized spacial score (nSPS) is 12.4. The van der Waals surface area contributed by atoms with E-state index in [9.17, 15) is 4.79 Å². The van der Waals surface area contributed by atoms with Crippen LogP contribution in [-0.4, -0.2) is 32.6 Å². The average Bonchev–Trinajstić information content (AvgIpc) is 2.28. The fourth-order valence-corrected chi connectivity index (χ4v) is 1.04. The summed E-state index contributed by atoms with van der Waals surface area (Å²) in [6.07, 6.45) is 4.38. The molecule has 0 saturated carbocycles. The lowest BCUT2D eigenvalue weighted by Crippen LogP contribution is -2.18. The van der Waals surface area contributed by atoms with E-state index < -0.39 is 0 Å². The Hall–Kier alpha value is -1.13. The number of carbonyl (C=O) groups excluding carboxylic acids is 1. The van der Waals surface area contributed by atoms with Gasteiger partial charge in [-0.25, -0.2) is 4.79 Å². The summed E-state index contributed by atoms with van der Waals surface area (Å²) in [6, 6.07) is 0. The van der Waals surface area contributed by atoms with Crippen molar-refractivity contribution in [3.05, 3.63) is 23.8 Å². The second kappa shape index (κ2) is 9.12. The van der Waals surface area contributed by atoms with Gasteiger partial charge in [-0.1, -0.05) is 12.2 Å². The molecule has 0 heterocycles. The second-order valence-electron chi connectivity index (χ2n) is 3.04. The predicted octanol–water partition coefficient (Wildman–Crippen LogP) is 2.06. The Bertz CT molecular complexity index is 250. The molecule has 0 aromatic rings. The zero-order chi connectivity index (χ0) is 12.4. The summed E-state index contributed by atoms with van der Waals surface area (Å²) < 4.78 is 15.2. The SMILES string of the molecule is CCOC(OCC)/C(C)=C/C=C/C(=O)OC. The number of ether oxygens (including phenoxy) is 3. The smallest absolute Gasteiger partial charge is 0.330 e. The minimum atomic E-state index is -0.381. The highest BCUT2D eigenvalue weighted by Gasteiger charge is 2.08. The van der Waals surface area contributed by atoms with Crippen LogP contribution in [0.5, 0.6) is 0 Å². The Morgan fingerprint density at radius 1 is 1.25 bits per heavy atom. The van der Waals surface area contributed by atoms with Crippen LogP contribution >= 0.6 is 0 Å². The van der Waals surface area contributed by atoms with Gasteiger partial charge >= 0.3 is 5.97 Å². The van der Waals surface area contributed by atoms with E-state index in [2.05, 4.69) is 4.74 Å². The highest BCUT2D eigenvalue weighted by molar-refractivity contribution is 5.82. The van der Waals surface area contributed by atoms with Crippen LogP contribution in [0.4, 0.5) is 0 Å². The molecule has 0 aromatic carbocycles. The third-order valence-electron chi connectivity index (χ3n) is 1.80. The minimum absolute atomic E-state index is 0.350. The van der Waals surface area contributed by atoms with Crippen molar-refractivity contribution < 1.29 is 19.0 Å². The monoisotopic (exact) mass is 228 g/mol. The molecule has 16 heavy (non-hydrogen) atoms. The van der Waals surface area contributed by atoms with Gasteiger partial charge in [-0.05, 0) is 26.3 Å². The van der Waals surface area contributed by atoms with E-state index in [4.69, 9.17) is 9.47 Å². The summed E-state index contributed by atoms with van der Waals surface area (Å²) in [5.41, 5.74) is 0.906. The Kier molecular flexibility index (Phi) is 8.48. The molecule has 0 spiro atoms. The van der Waals surface area contributed by atoms with E-state index in [0.29, 0.717) is 13.2 Å². The van der Waals surface area contributed by atoms with Crippen molar-refractivity contribution >= 4 is 5.97 Å². The Morgan fingerprint density at radius 3 is 2.25 bits per heavy atom. The first-order valence-electron chi connectivity index (χ1n) is 5.31. The highest BCUT2D eigenvalue weighted by Crippen LogP contribution is 2.08. The molecule has 92 valence electrons. The van der Waals surface area contributed by atoms with E-state index in [1.807, 2.05) is 20.8 Å². The molecule has 0 aromatic heterocycles. The number of esters is 1. The summed E-state index contributed by atoms with van der Waals surface area (Å²) in [5, 5.41) is 0. The number of methoxy groups -OCH3 is 1.